The number of hydrogen-bond acceptors (Lipinski definition) is 3. The third kappa shape index (κ3) is 3.76. The number of rotatable bonds is 5. The van der Waals surface area contributed by atoms with Crippen molar-refractivity contribution >= 4 is 28.4 Å². The molecule has 0 fully saturated rings. The van der Waals surface area contributed by atoms with E-state index in [0.29, 0.717) is 17.7 Å². The number of anilines is 1. The van der Waals surface area contributed by atoms with Crippen LogP contribution in [0.15, 0.2) is 48.5 Å². The van der Waals surface area contributed by atoms with Crippen LogP contribution in [0.5, 0.6) is 0 Å². The summed E-state index contributed by atoms with van der Waals surface area (Å²) in [7, 11) is 0. The van der Waals surface area contributed by atoms with Gasteiger partial charge in [-0.3, -0.25) is 9.59 Å². The molecule has 0 aliphatic carbocycles. The number of aromatic amines is 1. The second-order valence-corrected chi connectivity index (χ2v) is 6.85. The van der Waals surface area contributed by atoms with Crippen LogP contribution in [-0.2, 0) is 11.2 Å². The molecule has 25 heavy (non-hydrogen) atoms. The van der Waals surface area contributed by atoms with Crippen molar-refractivity contribution in [2.75, 3.05) is 5.32 Å². The molecule has 2 N–H and O–H groups in total. The van der Waals surface area contributed by atoms with Crippen LogP contribution in [0.2, 0.25) is 0 Å². The average Bonchev–Trinajstić information content (AvgIpc) is 2.96. The largest absolute Gasteiger partial charge is 0.342 e. The minimum Gasteiger partial charge on any atom is -0.342 e. The van der Waals surface area contributed by atoms with Gasteiger partial charge in [0, 0.05) is 17.7 Å². The van der Waals surface area contributed by atoms with Gasteiger partial charge < -0.3 is 10.3 Å². The fourth-order valence-electron chi connectivity index (χ4n) is 2.70. The molecule has 3 rings (SSSR count). The van der Waals surface area contributed by atoms with Crippen molar-refractivity contribution in [2.45, 2.75) is 27.2 Å². The minimum absolute atomic E-state index is 0.0300. The molecule has 0 aliphatic rings. The summed E-state index contributed by atoms with van der Waals surface area (Å²) >= 11 is 0. The SMILES string of the molecule is CC(=O)c1cccc(NC(=O)C(C)(C)Cc2nc3ccccc3[nH]2)c1. The van der Waals surface area contributed by atoms with Crippen LogP contribution in [0.4, 0.5) is 5.69 Å². The van der Waals surface area contributed by atoms with Crippen molar-refractivity contribution < 1.29 is 9.59 Å². The molecule has 2 aromatic carbocycles. The quantitative estimate of drug-likeness (QED) is 0.693. The first-order valence-electron chi connectivity index (χ1n) is 8.21. The van der Waals surface area contributed by atoms with Crippen LogP contribution < -0.4 is 5.32 Å². The molecule has 128 valence electrons. The van der Waals surface area contributed by atoms with Gasteiger partial charge in [-0.25, -0.2) is 4.98 Å². The molecular formula is C20H21N3O2. The van der Waals surface area contributed by atoms with E-state index >= 15 is 0 Å². The maximum atomic E-state index is 12.7. The third-order valence-corrected chi connectivity index (χ3v) is 4.19. The van der Waals surface area contributed by atoms with Crippen LogP contribution in [0.25, 0.3) is 11.0 Å². The van der Waals surface area contributed by atoms with Crippen molar-refractivity contribution in [1.29, 1.82) is 0 Å². The lowest BCUT2D eigenvalue weighted by Crippen LogP contribution is -2.33. The fourth-order valence-corrected chi connectivity index (χ4v) is 2.70. The number of carbonyl (C=O) groups is 2. The van der Waals surface area contributed by atoms with Gasteiger partial charge in [0.25, 0.3) is 0 Å². The molecule has 1 aromatic heterocycles. The van der Waals surface area contributed by atoms with Gasteiger partial charge in [-0.05, 0) is 31.2 Å². The third-order valence-electron chi connectivity index (χ3n) is 4.19. The Bertz CT molecular complexity index is 908. The molecular weight excluding hydrogens is 314 g/mol. The van der Waals surface area contributed by atoms with Crippen molar-refractivity contribution in [1.82, 2.24) is 9.97 Å². The van der Waals surface area contributed by atoms with Gasteiger partial charge in [-0.15, -0.1) is 0 Å². The molecule has 0 spiro atoms. The molecule has 0 atom stereocenters. The summed E-state index contributed by atoms with van der Waals surface area (Å²) < 4.78 is 0. The zero-order chi connectivity index (χ0) is 18.0. The maximum absolute atomic E-state index is 12.7. The Morgan fingerprint density at radius 2 is 1.88 bits per heavy atom. The molecule has 0 bridgehead atoms. The van der Waals surface area contributed by atoms with Crippen LogP contribution in [0.3, 0.4) is 0 Å². The number of fused-ring (bicyclic) bond motifs is 1. The van der Waals surface area contributed by atoms with E-state index in [4.69, 9.17) is 0 Å². The Kier molecular flexibility index (Phi) is 4.40. The van der Waals surface area contributed by atoms with Crippen LogP contribution in [-0.4, -0.2) is 21.7 Å². The van der Waals surface area contributed by atoms with Gasteiger partial charge in [-0.1, -0.05) is 38.1 Å². The number of Topliss-reactive ketones (excluding diaryl/α,β-unsaturated/α-hetero) is 1. The summed E-state index contributed by atoms with van der Waals surface area (Å²) in [5.74, 6) is 0.630. The first-order valence-corrected chi connectivity index (χ1v) is 8.21. The maximum Gasteiger partial charge on any atom is 0.230 e. The summed E-state index contributed by atoms with van der Waals surface area (Å²) in [6.45, 7) is 5.27. The summed E-state index contributed by atoms with van der Waals surface area (Å²) in [5.41, 5.74) is 2.40. The van der Waals surface area contributed by atoms with E-state index in [-0.39, 0.29) is 11.7 Å². The molecule has 3 aromatic rings. The highest BCUT2D eigenvalue weighted by atomic mass is 16.2. The number of hydrogen-bond donors (Lipinski definition) is 2. The van der Waals surface area contributed by atoms with Gasteiger partial charge in [0.15, 0.2) is 5.78 Å². The standard InChI is InChI=1S/C20H21N3O2/c1-13(24)14-7-6-8-15(11-14)21-19(25)20(2,3)12-18-22-16-9-4-5-10-17(16)23-18/h4-11H,12H2,1-3H3,(H,21,25)(H,22,23). The topological polar surface area (TPSA) is 74.8 Å². The van der Waals surface area contributed by atoms with E-state index < -0.39 is 5.41 Å². The highest BCUT2D eigenvalue weighted by Gasteiger charge is 2.29. The van der Waals surface area contributed by atoms with Crippen molar-refractivity contribution in [3.8, 4) is 0 Å². The van der Waals surface area contributed by atoms with E-state index in [2.05, 4.69) is 15.3 Å². The van der Waals surface area contributed by atoms with Gasteiger partial charge in [-0.2, -0.15) is 0 Å². The molecule has 0 saturated heterocycles. The molecule has 0 aliphatic heterocycles. The van der Waals surface area contributed by atoms with Gasteiger partial charge in [0.2, 0.25) is 5.91 Å². The van der Waals surface area contributed by atoms with E-state index in [9.17, 15) is 9.59 Å². The van der Waals surface area contributed by atoms with E-state index in [1.54, 1.807) is 24.3 Å². The monoisotopic (exact) mass is 335 g/mol. The Hall–Kier alpha value is -2.95. The van der Waals surface area contributed by atoms with Gasteiger partial charge in [0.05, 0.1) is 16.4 Å². The van der Waals surface area contributed by atoms with Crippen molar-refractivity contribution in [2.24, 2.45) is 5.41 Å². The van der Waals surface area contributed by atoms with Crippen LogP contribution in [0, 0.1) is 5.41 Å². The Morgan fingerprint density at radius 3 is 2.60 bits per heavy atom. The number of nitrogens with one attached hydrogen (secondary N) is 2. The Morgan fingerprint density at radius 1 is 1.12 bits per heavy atom. The van der Waals surface area contributed by atoms with E-state index in [1.165, 1.54) is 6.92 Å². The predicted molar refractivity (Wildman–Crippen MR) is 98.7 cm³/mol. The smallest absolute Gasteiger partial charge is 0.230 e. The fraction of sp³-hybridized carbons (Fsp3) is 0.250. The number of imidazole rings is 1. The summed E-state index contributed by atoms with van der Waals surface area (Å²) in [6.07, 6.45) is 0.486. The van der Waals surface area contributed by atoms with Crippen LogP contribution in [0.1, 0.15) is 37.0 Å². The molecule has 0 unspecified atom stereocenters. The second-order valence-electron chi connectivity index (χ2n) is 6.85. The second kappa shape index (κ2) is 6.51. The predicted octanol–water partition coefficient (Wildman–Crippen LogP) is 3.97. The minimum atomic E-state index is -0.653. The molecule has 5 heteroatoms. The molecule has 1 heterocycles. The summed E-state index contributed by atoms with van der Waals surface area (Å²) in [5, 5.41) is 2.90. The van der Waals surface area contributed by atoms with Gasteiger partial charge in [0.1, 0.15) is 5.82 Å². The lowest BCUT2D eigenvalue weighted by molar-refractivity contribution is -0.124. The van der Waals surface area contributed by atoms with E-state index in [0.717, 1.165) is 16.9 Å². The van der Waals surface area contributed by atoms with Crippen molar-refractivity contribution in [3.63, 3.8) is 0 Å². The number of benzene rings is 2. The lowest BCUT2D eigenvalue weighted by Gasteiger charge is -2.22. The van der Waals surface area contributed by atoms with E-state index in [1.807, 2.05) is 38.1 Å². The number of ketones is 1. The first kappa shape index (κ1) is 16.9. The normalized spacial score (nSPS) is 11.5. The highest BCUT2D eigenvalue weighted by molar-refractivity contribution is 5.98. The number of amides is 1. The zero-order valence-corrected chi connectivity index (χ0v) is 14.6. The lowest BCUT2D eigenvalue weighted by atomic mass is 9.87. The molecule has 5 nitrogen and oxygen atoms in total. The molecule has 0 radical (unpaired) electrons. The molecule has 1 amide bonds. The van der Waals surface area contributed by atoms with Crippen LogP contribution >= 0.6 is 0 Å². The number of aromatic nitrogens is 2. The number of carbonyl (C=O) groups excluding carboxylic acids is 2. The average molecular weight is 335 g/mol. The highest BCUT2D eigenvalue weighted by Crippen LogP contribution is 2.24. The molecule has 0 saturated carbocycles. The Balaban J connectivity index is 1.75. The zero-order valence-electron chi connectivity index (χ0n) is 14.6. The number of nitrogens with zero attached hydrogens (tertiary/aromatic N) is 1. The van der Waals surface area contributed by atoms with Crippen molar-refractivity contribution in [3.05, 3.63) is 59.9 Å². The number of para-hydroxylation sites is 2. The first-order chi connectivity index (χ1) is 11.8. The summed E-state index contributed by atoms with van der Waals surface area (Å²) in [4.78, 5) is 32.0. The Labute approximate surface area is 146 Å². The number of H-pyrrole nitrogens is 1. The van der Waals surface area contributed by atoms with Gasteiger partial charge >= 0.3 is 0 Å². The summed E-state index contributed by atoms with van der Waals surface area (Å²) in [6, 6.07) is 14.8.